The molecule has 1 unspecified atom stereocenters. The quantitative estimate of drug-likeness (QED) is 0.633. The van der Waals surface area contributed by atoms with E-state index >= 15 is 0 Å². The van der Waals surface area contributed by atoms with E-state index in [1.165, 1.54) is 0 Å². The summed E-state index contributed by atoms with van der Waals surface area (Å²) in [6.45, 7) is 4.82. The maximum Gasteiger partial charge on any atom is 0.312 e. The molecule has 1 rings (SSSR count). The first-order chi connectivity index (χ1) is 11.1. The fourth-order valence-corrected chi connectivity index (χ4v) is 2.02. The molecule has 7 nitrogen and oxygen atoms in total. The largest absolute Gasteiger partial charge is 0.352 e. The molecule has 0 aliphatic carbocycles. The van der Waals surface area contributed by atoms with Crippen LogP contribution in [0.25, 0.3) is 0 Å². The van der Waals surface area contributed by atoms with Crippen LogP contribution in [-0.2, 0) is 9.59 Å². The molecular weight excluding hydrogens is 322 g/mol. The summed E-state index contributed by atoms with van der Waals surface area (Å²) in [5.74, 6) is -3.19. The number of hydrogen-bond donors (Lipinski definition) is 4. The van der Waals surface area contributed by atoms with Gasteiger partial charge in [0.05, 0.1) is 11.4 Å². The number of benzene rings is 1. The number of primary amides is 1. The van der Waals surface area contributed by atoms with Gasteiger partial charge in [-0.2, -0.15) is 0 Å². The number of nitrogens with one attached hydrogen (secondary N) is 3. The molecule has 0 aliphatic rings. The van der Waals surface area contributed by atoms with Crippen molar-refractivity contribution in [1.82, 2.24) is 5.32 Å². The van der Waals surface area contributed by atoms with Gasteiger partial charge in [-0.25, -0.2) is 13.6 Å². The minimum atomic E-state index is -1.02. The predicted octanol–water partition coefficient (Wildman–Crippen LogP) is 1.94. The molecule has 0 fully saturated rings. The highest BCUT2D eigenvalue weighted by molar-refractivity contribution is 5.98. The van der Waals surface area contributed by atoms with Crippen molar-refractivity contribution < 1.29 is 23.2 Å². The lowest BCUT2D eigenvalue weighted by atomic mass is 10.0. The Bertz CT molecular complexity index is 650. The maximum absolute atomic E-state index is 13.8. The molecule has 9 heteroatoms. The zero-order valence-corrected chi connectivity index (χ0v) is 13.6. The van der Waals surface area contributed by atoms with E-state index in [1.54, 1.807) is 0 Å². The Kier molecular flexibility index (Phi) is 6.63. The van der Waals surface area contributed by atoms with Crippen molar-refractivity contribution in [1.29, 1.82) is 0 Å². The monoisotopic (exact) mass is 342 g/mol. The van der Waals surface area contributed by atoms with Crippen LogP contribution >= 0.6 is 0 Å². The Morgan fingerprint density at radius 1 is 1.08 bits per heavy atom. The molecule has 0 aromatic heterocycles. The Morgan fingerprint density at radius 2 is 1.62 bits per heavy atom. The number of rotatable bonds is 6. The highest BCUT2D eigenvalue weighted by Gasteiger charge is 2.22. The van der Waals surface area contributed by atoms with Crippen LogP contribution in [0.3, 0.4) is 0 Å². The molecule has 1 aromatic rings. The zero-order valence-electron chi connectivity index (χ0n) is 13.6. The molecule has 4 amide bonds. The van der Waals surface area contributed by atoms with Crippen molar-refractivity contribution in [3.05, 3.63) is 23.8 Å². The van der Waals surface area contributed by atoms with Gasteiger partial charge in [0.25, 0.3) is 0 Å². The van der Waals surface area contributed by atoms with E-state index in [1.807, 2.05) is 13.8 Å². The van der Waals surface area contributed by atoms with Crippen LogP contribution in [-0.4, -0.2) is 23.9 Å². The van der Waals surface area contributed by atoms with E-state index in [9.17, 15) is 23.2 Å². The number of urea groups is 1. The van der Waals surface area contributed by atoms with Crippen LogP contribution in [0, 0.1) is 17.6 Å². The van der Waals surface area contributed by atoms with Gasteiger partial charge in [-0.05, 0) is 18.4 Å². The summed E-state index contributed by atoms with van der Waals surface area (Å²) in [5, 5.41) is 6.72. The lowest BCUT2D eigenvalue weighted by Crippen LogP contribution is -2.46. The van der Waals surface area contributed by atoms with Crippen molar-refractivity contribution in [2.45, 2.75) is 33.2 Å². The molecule has 5 N–H and O–H groups in total. The third-order valence-corrected chi connectivity index (χ3v) is 2.97. The number of halogens is 2. The van der Waals surface area contributed by atoms with E-state index in [0.29, 0.717) is 6.07 Å². The Labute approximate surface area is 138 Å². The van der Waals surface area contributed by atoms with Crippen LogP contribution in [0.1, 0.15) is 27.2 Å². The molecule has 1 aromatic carbocycles. The second kappa shape index (κ2) is 8.23. The van der Waals surface area contributed by atoms with Crippen molar-refractivity contribution in [3.8, 4) is 0 Å². The molecule has 0 bridgehead atoms. The van der Waals surface area contributed by atoms with Gasteiger partial charge in [0.2, 0.25) is 11.8 Å². The molecule has 24 heavy (non-hydrogen) atoms. The fraction of sp³-hybridized carbons (Fsp3) is 0.400. The molecule has 0 radical (unpaired) electrons. The Balaban J connectivity index is 3.02. The second-order valence-electron chi connectivity index (χ2n) is 5.67. The van der Waals surface area contributed by atoms with E-state index in [2.05, 4.69) is 16.0 Å². The number of anilines is 2. The first kappa shape index (κ1) is 19.3. The third kappa shape index (κ3) is 5.82. The van der Waals surface area contributed by atoms with Gasteiger partial charge in [0.15, 0.2) is 0 Å². The van der Waals surface area contributed by atoms with Crippen LogP contribution in [0.15, 0.2) is 12.1 Å². The second-order valence-corrected chi connectivity index (χ2v) is 5.67. The summed E-state index contributed by atoms with van der Waals surface area (Å²) in [4.78, 5) is 34.2. The standard InChI is InChI=1S/C15H20F2N4O3/c1-7(2)4-13(21-15(18)24)14(23)20-12-6-11(19-8(3)22)9(16)5-10(12)17/h5-7,13H,4H2,1-3H3,(H,19,22)(H,20,23)(H3,18,21,24). The normalized spacial score (nSPS) is 11.8. The average Bonchev–Trinajstić information content (AvgIpc) is 2.41. The minimum Gasteiger partial charge on any atom is -0.352 e. The fourth-order valence-electron chi connectivity index (χ4n) is 2.02. The number of amides is 4. The van der Waals surface area contributed by atoms with E-state index in [-0.39, 0.29) is 23.7 Å². The van der Waals surface area contributed by atoms with Crippen molar-refractivity contribution in [3.63, 3.8) is 0 Å². The highest BCUT2D eigenvalue weighted by Crippen LogP contribution is 2.24. The molecule has 0 saturated carbocycles. The van der Waals surface area contributed by atoms with Crippen molar-refractivity contribution in [2.75, 3.05) is 10.6 Å². The maximum atomic E-state index is 13.8. The van der Waals surface area contributed by atoms with Crippen LogP contribution < -0.4 is 21.7 Å². The molecule has 0 heterocycles. The molecular formula is C15H20F2N4O3. The van der Waals surface area contributed by atoms with Gasteiger partial charge in [-0.15, -0.1) is 0 Å². The smallest absolute Gasteiger partial charge is 0.312 e. The number of carbonyl (C=O) groups excluding carboxylic acids is 3. The third-order valence-electron chi connectivity index (χ3n) is 2.97. The average molecular weight is 342 g/mol. The van der Waals surface area contributed by atoms with Gasteiger partial charge in [-0.1, -0.05) is 13.8 Å². The summed E-state index contributed by atoms with van der Waals surface area (Å²) >= 11 is 0. The predicted molar refractivity (Wildman–Crippen MR) is 85.3 cm³/mol. The SMILES string of the molecule is CC(=O)Nc1cc(NC(=O)C(CC(C)C)NC(N)=O)c(F)cc1F. The van der Waals surface area contributed by atoms with Crippen molar-refractivity contribution in [2.24, 2.45) is 11.7 Å². The zero-order chi connectivity index (χ0) is 18.4. The van der Waals surface area contributed by atoms with Gasteiger partial charge in [-0.3, -0.25) is 9.59 Å². The summed E-state index contributed by atoms with van der Waals surface area (Å²) in [6, 6.07) is -0.369. The topological polar surface area (TPSA) is 113 Å². The van der Waals surface area contributed by atoms with Gasteiger partial charge < -0.3 is 21.7 Å². The first-order valence-corrected chi connectivity index (χ1v) is 7.23. The van der Waals surface area contributed by atoms with E-state index in [0.717, 1.165) is 13.0 Å². The molecule has 0 aliphatic heterocycles. The highest BCUT2D eigenvalue weighted by atomic mass is 19.1. The summed E-state index contributed by atoms with van der Waals surface area (Å²) in [6.07, 6.45) is 0.274. The minimum absolute atomic E-state index is 0.0561. The Morgan fingerprint density at radius 3 is 2.08 bits per heavy atom. The summed E-state index contributed by atoms with van der Waals surface area (Å²) < 4.78 is 27.4. The Hall–Kier alpha value is -2.71. The number of carbonyl (C=O) groups is 3. The van der Waals surface area contributed by atoms with Gasteiger partial charge in [0, 0.05) is 13.0 Å². The van der Waals surface area contributed by atoms with Crippen LogP contribution in [0.4, 0.5) is 25.0 Å². The number of nitrogens with two attached hydrogens (primary N) is 1. The van der Waals surface area contributed by atoms with Gasteiger partial charge >= 0.3 is 6.03 Å². The lowest BCUT2D eigenvalue weighted by Gasteiger charge is -2.19. The van der Waals surface area contributed by atoms with Gasteiger partial charge in [0.1, 0.15) is 17.7 Å². The molecule has 1 atom stereocenters. The van der Waals surface area contributed by atoms with E-state index in [4.69, 9.17) is 5.73 Å². The van der Waals surface area contributed by atoms with Crippen LogP contribution in [0.2, 0.25) is 0 Å². The molecule has 0 saturated heterocycles. The summed E-state index contributed by atoms with van der Waals surface area (Å²) in [5.41, 5.74) is 4.42. The van der Waals surface area contributed by atoms with Crippen molar-refractivity contribution >= 4 is 29.2 Å². The van der Waals surface area contributed by atoms with Crippen LogP contribution in [0.5, 0.6) is 0 Å². The molecule has 132 valence electrons. The number of hydrogen-bond acceptors (Lipinski definition) is 3. The lowest BCUT2D eigenvalue weighted by molar-refractivity contribution is -0.118. The summed E-state index contributed by atoms with van der Waals surface area (Å²) in [7, 11) is 0. The molecule has 0 spiro atoms. The first-order valence-electron chi connectivity index (χ1n) is 7.23. The van der Waals surface area contributed by atoms with E-state index < -0.39 is 35.5 Å².